The molecule has 126 valence electrons. The van der Waals surface area contributed by atoms with Gasteiger partial charge in [0.25, 0.3) is 5.91 Å². The minimum Gasteiger partial charge on any atom is -0.493 e. The second-order valence-corrected chi connectivity index (χ2v) is 5.60. The second kappa shape index (κ2) is 8.57. The van der Waals surface area contributed by atoms with Gasteiger partial charge in [0.15, 0.2) is 0 Å². The monoisotopic (exact) mass is 366 g/mol. The molecular formula is C17H16Cl2N2O3. The van der Waals surface area contributed by atoms with Crippen molar-refractivity contribution in [3.05, 3.63) is 58.1 Å². The van der Waals surface area contributed by atoms with Crippen LogP contribution in [-0.2, 0) is 4.79 Å². The number of amides is 2. The summed E-state index contributed by atoms with van der Waals surface area (Å²) in [5, 5.41) is 5.92. The van der Waals surface area contributed by atoms with Gasteiger partial charge in [-0.2, -0.15) is 0 Å². The van der Waals surface area contributed by atoms with Crippen LogP contribution in [0.3, 0.4) is 0 Å². The van der Waals surface area contributed by atoms with E-state index in [0.29, 0.717) is 33.7 Å². The SMILES string of the molecule is CCOc1ccccc1C(=O)NCC(=O)Nc1ccc(Cl)c(Cl)c1. The summed E-state index contributed by atoms with van der Waals surface area (Å²) in [7, 11) is 0. The average molecular weight is 367 g/mol. The van der Waals surface area contributed by atoms with E-state index in [-0.39, 0.29) is 18.4 Å². The maximum absolute atomic E-state index is 12.2. The van der Waals surface area contributed by atoms with E-state index in [0.717, 1.165) is 0 Å². The molecule has 2 rings (SSSR count). The summed E-state index contributed by atoms with van der Waals surface area (Å²) in [6, 6.07) is 11.6. The Morgan fingerprint density at radius 2 is 1.83 bits per heavy atom. The number of carbonyl (C=O) groups excluding carboxylic acids is 2. The minimum atomic E-state index is -0.386. The Morgan fingerprint density at radius 3 is 2.54 bits per heavy atom. The van der Waals surface area contributed by atoms with Crippen molar-refractivity contribution >= 4 is 40.7 Å². The zero-order valence-corrected chi connectivity index (χ0v) is 14.4. The summed E-state index contributed by atoms with van der Waals surface area (Å²) in [5.41, 5.74) is 0.875. The van der Waals surface area contributed by atoms with Crippen LogP contribution >= 0.6 is 23.2 Å². The molecule has 2 aromatic rings. The van der Waals surface area contributed by atoms with Gasteiger partial charge in [-0.15, -0.1) is 0 Å². The van der Waals surface area contributed by atoms with Gasteiger partial charge in [0.05, 0.1) is 28.8 Å². The largest absolute Gasteiger partial charge is 0.493 e. The van der Waals surface area contributed by atoms with Gasteiger partial charge < -0.3 is 15.4 Å². The number of halogens is 2. The van der Waals surface area contributed by atoms with Crippen LogP contribution < -0.4 is 15.4 Å². The molecule has 0 aliphatic carbocycles. The van der Waals surface area contributed by atoms with Crippen LogP contribution in [0.2, 0.25) is 10.0 Å². The number of hydrogen-bond acceptors (Lipinski definition) is 3. The first-order chi connectivity index (χ1) is 11.5. The summed E-state index contributed by atoms with van der Waals surface area (Å²) < 4.78 is 5.40. The van der Waals surface area contributed by atoms with Gasteiger partial charge in [-0.25, -0.2) is 0 Å². The molecule has 2 N–H and O–H groups in total. The molecule has 7 heteroatoms. The standard InChI is InChI=1S/C17H16Cl2N2O3/c1-2-24-15-6-4-3-5-12(15)17(23)20-10-16(22)21-11-7-8-13(18)14(19)9-11/h3-9H,2,10H2,1H3,(H,20,23)(H,21,22). The number of anilines is 1. The maximum atomic E-state index is 12.2. The molecule has 5 nitrogen and oxygen atoms in total. The van der Waals surface area contributed by atoms with E-state index in [4.69, 9.17) is 27.9 Å². The van der Waals surface area contributed by atoms with E-state index >= 15 is 0 Å². The lowest BCUT2D eigenvalue weighted by Crippen LogP contribution is -2.33. The molecule has 0 atom stereocenters. The van der Waals surface area contributed by atoms with Crippen molar-refractivity contribution in [1.29, 1.82) is 0 Å². The summed E-state index contributed by atoms with van der Waals surface area (Å²) in [6.45, 7) is 2.10. The highest BCUT2D eigenvalue weighted by molar-refractivity contribution is 6.42. The van der Waals surface area contributed by atoms with Gasteiger partial charge in [-0.05, 0) is 37.3 Å². The Morgan fingerprint density at radius 1 is 1.08 bits per heavy atom. The van der Waals surface area contributed by atoms with E-state index in [2.05, 4.69) is 10.6 Å². The molecule has 24 heavy (non-hydrogen) atoms. The van der Waals surface area contributed by atoms with Crippen LogP contribution in [0.25, 0.3) is 0 Å². The highest BCUT2D eigenvalue weighted by Crippen LogP contribution is 2.24. The van der Waals surface area contributed by atoms with Crippen LogP contribution in [0.4, 0.5) is 5.69 Å². The molecule has 0 fully saturated rings. The predicted molar refractivity (Wildman–Crippen MR) is 95.0 cm³/mol. The number of benzene rings is 2. The van der Waals surface area contributed by atoms with E-state index in [1.807, 2.05) is 6.92 Å². The molecule has 0 aliphatic rings. The summed E-state index contributed by atoms with van der Waals surface area (Å²) in [5.74, 6) is -0.290. The molecule has 0 spiro atoms. The molecule has 0 heterocycles. The summed E-state index contributed by atoms with van der Waals surface area (Å²) in [6.07, 6.45) is 0. The first kappa shape index (κ1) is 18.1. The lowest BCUT2D eigenvalue weighted by molar-refractivity contribution is -0.115. The Hall–Kier alpha value is -2.24. The maximum Gasteiger partial charge on any atom is 0.255 e. The normalized spacial score (nSPS) is 10.1. The van der Waals surface area contributed by atoms with Gasteiger partial charge in [0.2, 0.25) is 5.91 Å². The van der Waals surface area contributed by atoms with Crippen molar-refractivity contribution in [2.24, 2.45) is 0 Å². The van der Waals surface area contributed by atoms with Crippen molar-refractivity contribution in [3.8, 4) is 5.75 Å². The fraction of sp³-hybridized carbons (Fsp3) is 0.176. The third-order valence-electron chi connectivity index (χ3n) is 3.04. The van der Waals surface area contributed by atoms with Crippen molar-refractivity contribution in [1.82, 2.24) is 5.32 Å². The van der Waals surface area contributed by atoms with Gasteiger partial charge in [0, 0.05) is 5.69 Å². The molecule has 2 aromatic carbocycles. The second-order valence-electron chi connectivity index (χ2n) is 4.79. The van der Waals surface area contributed by atoms with Crippen LogP contribution in [0.1, 0.15) is 17.3 Å². The van der Waals surface area contributed by atoms with E-state index in [9.17, 15) is 9.59 Å². The van der Waals surface area contributed by atoms with Gasteiger partial charge in [-0.1, -0.05) is 35.3 Å². The molecule has 0 aliphatic heterocycles. The Labute approximate surface area is 149 Å². The molecule has 0 bridgehead atoms. The summed E-state index contributed by atoms with van der Waals surface area (Å²) in [4.78, 5) is 24.1. The Balaban J connectivity index is 1.94. The number of rotatable bonds is 6. The van der Waals surface area contributed by atoms with E-state index in [1.54, 1.807) is 36.4 Å². The van der Waals surface area contributed by atoms with Crippen LogP contribution in [0.15, 0.2) is 42.5 Å². The van der Waals surface area contributed by atoms with Gasteiger partial charge in [-0.3, -0.25) is 9.59 Å². The van der Waals surface area contributed by atoms with Crippen LogP contribution in [0, 0.1) is 0 Å². The van der Waals surface area contributed by atoms with E-state index < -0.39 is 0 Å². The van der Waals surface area contributed by atoms with E-state index in [1.165, 1.54) is 6.07 Å². The molecule has 2 amide bonds. The first-order valence-electron chi connectivity index (χ1n) is 7.26. The molecule has 0 saturated carbocycles. The molecule has 0 unspecified atom stereocenters. The predicted octanol–water partition coefficient (Wildman–Crippen LogP) is 3.76. The topological polar surface area (TPSA) is 67.4 Å². The smallest absolute Gasteiger partial charge is 0.255 e. The number of nitrogens with one attached hydrogen (secondary N) is 2. The lowest BCUT2D eigenvalue weighted by Gasteiger charge is -2.11. The highest BCUT2D eigenvalue weighted by Gasteiger charge is 2.13. The first-order valence-corrected chi connectivity index (χ1v) is 8.01. The Bertz CT molecular complexity index is 750. The molecule has 0 aromatic heterocycles. The number of carbonyl (C=O) groups is 2. The third kappa shape index (κ3) is 4.88. The molecular weight excluding hydrogens is 351 g/mol. The van der Waals surface area contributed by atoms with Crippen molar-refractivity contribution in [2.45, 2.75) is 6.92 Å². The van der Waals surface area contributed by atoms with Gasteiger partial charge in [0.1, 0.15) is 5.75 Å². The number of para-hydroxylation sites is 1. The highest BCUT2D eigenvalue weighted by atomic mass is 35.5. The quantitative estimate of drug-likeness (QED) is 0.817. The zero-order valence-electron chi connectivity index (χ0n) is 12.9. The van der Waals surface area contributed by atoms with Crippen LogP contribution in [-0.4, -0.2) is 25.0 Å². The van der Waals surface area contributed by atoms with Crippen LogP contribution in [0.5, 0.6) is 5.75 Å². The van der Waals surface area contributed by atoms with Gasteiger partial charge >= 0.3 is 0 Å². The average Bonchev–Trinajstić information content (AvgIpc) is 2.57. The Kier molecular flexibility index (Phi) is 6.46. The molecule has 0 radical (unpaired) electrons. The fourth-order valence-electron chi connectivity index (χ4n) is 1.97. The summed E-state index contributed by atoms with van der Waals surface area (Å²) >= 11 is 11.7. The molecule has 0 saturated heterocycles. The fourth-order valence-corrected chi connectivity index (χ4v) is 2.27. The minimum absolute atomic E-state index is 0.181. The van der Waals surface area contributed by atoms with Crippen molar-refractivity contribution < 1.29 is 14.3 Å². The third-order valence-corrected chi connectivity index (χ3v) is 3.78. The lowest BCUT2D eigenvalue weighted by atomic mass is 10.2. The zero-order chi connectivity index (χ0) is 17.5. The number of ether oxygens (including phenoxy) is 1. The van der Waals surface area contributed by atoms with Crippen molar-refractivity contribution in [3.63, 3.8) is 0 Å². The number of hydrogen-bond donors (Lipinski definition) is 2. The van der Waals surface area contributed by atoms with Crippen molar-refractivity contribution in [2.75, 3.05) is 18.5 Å².